The van der Waals surface area contributed by atoms with Crippen LogP contribution in [0.1, 0.15) is 11.1 Å². The average molecular weight is 541 g/mol. The molecule has 0 bridgehead atoms. The molecule has 0 unspecified atom stereocenters. The lowest BCUT2D eigenvalue weighted by Crippen LogP contribution is -1.84. The third-order valence-electron chi connectivity index (χ3n) is 7.31. The number of nitriles is 2. The molecule has 0 fully saturated rings. The summed E-state index contributed by atoms with van der Waals surface area (Å²) in [6.45, 7) is 0. The Bertz CT molecular complexity index is 2010. The van der Waals surface area contributed by atoms with Crippen molar-refractivity contribution in [2.75, 3.05) is 0 Å². The van der Waals surface area contributed by atoms with Gasteiger partial charge in [0, 0.05) is 56.1 Å². The molecule has 4 aromatic carbocycles. The first kappa shape index (κ1) is 24.4. The van der Waals surface area contributed by atoms with Crippen molar-refractivity contribution in [2.24, 2.45) is 0 Å². The van der Waals surface area contributed by atoms with E-state index < -0.39 is 0 Å². The molecule has 7 aromatic rings. The highest BCUT2D eigenvalue weighted by Crippen LogP contribution is 2.39. The molecule has 41 heavy (non-hydrogen) atoms. The Morgan fingerprint density at radius 1 is 0.415 bits per heavy atom. The van der Waals surface area contributed by atoms with Crippen LogP contribution in [-0.4, -0.2) is 9.97 Å². The number of nitrogens with zero attached hydrogens (tertiary/aromatic N) is 4. The molecule has 0 amide bonds. The molecule has 3 aromatic heterocycles. The van der Waals surface area contributed by atoms with Crippen molar-refractivity contribution in [3.63, 3.8) is 0 Å². The van der Waals surface area contributed by atoms with Crippen LogP contribution in [0.3, 0.4) is 0 Å². The molecule has 0 aliphatic carbocycles. The van der Waals surface area contributed by atoms with Crippen molar-refractivity contribution < 1.29 is 0 Å². The molecule has 7 rings (SSSR count). The second kappa shape index (κ2) is 10.2. The van der Waals surface area contributed by atoms with Gasteiger partial charge in [-0.3, -0.25) is 9.97 Å². The number of rotatable bonds is 4. The third-order valence-corrected chi connectivity index (χ3v) is 8.43. The maximum atomic E-state index is 9.18. The molecule has 3 heterocycles. The Morgan fingerprint density at radius 2 is 0.780 bits per heavy atom. The van der Waals surface area contributed by atoms with Gasteiger partial charge >= 0.3 is 0 Å². The van der Waals surface area contributed by atoms with Crippen LogP contribution in [0, 0.1) is 22.7 Å². The smallest absolute Gasteiger partial charge is 0.101 e. The number of benzene rings is 4. The maximum Gasteiger partial charge on any atom is 0.101 e. The van der Waals surface area contributed by atoms with E-state index in [-0.39, 0.29) is 0 Å². The molecule has 0 saturated carbocycles. The molecule has 0 radical (unpaired) electrons. The zero-order valence-corrected chi connectivity index (χ0v) is 22.6. The lowest BCUT2D eigenvalue weighted by atomic mass is 9.98. The van der Waals surface area contributed by atoms with Gasteiger partial charge in [0.05, 0.1) is 11.1 Å². The van der Waals surface area contributed by atoms with Gasteiger partial charge in [-0.05, 0) is 57.6 Å². The van der Waals surface area contributed by atoms with Gasteiger partial charge in [0.15, 0.2) is 0 Å². The Kier molecular flexibility index (Phi) is 6.06. The quantitative estimate of drug-likeness (QED) is 0.223. The largest absolute Gasteiger partial charge is 0.263 e. The number of pyridine rings is 2. The molecule has 4 nitrogen and oxygen atoms in total. The number of hydrogen-bond acceptors (Lipinski definition) is 5. The summed E-state index contributed by atoms with van der Waals surface area (Å²) >= 11 is 1.81. The molecule has 0 aliphatic heterocycles. The molecule has 0 saturated heterocycles. The summed E-state index contributed by atoms with van der Waals surface area (Å²) in [7, 11) is 0. The normalized spacial score (nSPS) is 10.9. The standard InChI is InChI=1S/C36H20N4S/c37-17-23-13-31(21-39-19-23)27-5-1-25(2-6-27)29-9-11-33-34-12-10-30(16-36(34)41-35(33)15-29)26-3-7-28(8-4-26)32-14-24(18-38)20-40-22-32/h1-16,19-22H. The number of thiophene rings is 1. The summed E-state index contributed by atoms with van der Waals surface area (Å²) in [5.74, 6) is 0. The molecule has 0 atom stereocenters. The Balaban J connectivity index is 1.18. The lowest BCUT2D eigenvalue weighted by molar-refractivity contribution is 1.30. The Hall–Kier alpha value is -5.62. The predicted molar refractivity (Wildman–Crippen MR) is 166 cm³/mol. The number of aromatic nitrogens is 2. The van der Waals surface area contributed by atoms with Gasteiger partial charge in [0.25, 0.3) is 0 Å². The monoisotopic (exact) mass is 540 g/mol. The summed E-state index contributed by atoms with van der Waals surface area (Å²) in [6.07, 6.45) is 6.72. The predicted octanol–water partition coefficient (Wildman–Crippen LogP) is 9.26. The van der Waals surface area contributed by atoms with E-state index in [1.165, 1.54) is 31.3 Å². The van der Waals surface area contributed by atoms with Crippen molar-refractivity contribution >= 4 is 31.5 Å². The van der Waals surface area contributed by atoms with Crippen LogP contribution in [0.2, 0.25) is 0 Å². The summed E-state index contributed by atoms with van der Waals surface area (Å²) in [6, 6.07) is 38.2. The third kappa shape index (κ3) is 4.61. The van der Waals surface area contributed by atoms with Crippen LogP contribution in [0.15, 0.2) is 122 Å². The second-order valence-corrected chi connectivity index (χ2v) is 10.9. The topological polar surface area (TPSA) is 73.4 Å². The zero-order chi connectivity index (χ0) is 27.8. The summed E-state index contributed by atoms with van der Waals surface area (Å²) in [5, 5.41) is 20.9. The van der Waals surface area contributed by atoms with E-state index in [4.69, 9.17) is 0 Å². The van der Waals surface area contributed by atoms with Crippen LogP contribution >= 0.6 is 11.3 Å². The SMILES string of the molecule is N#Cc1cncc(-c2ccc(-c3ccc4c(c3)sc3cc(-c5ccc(-c6cncc(C#N)c6)cc5)ccc34)cc2)c1. The summed E-state index contributed by atoms with van der Waals surface area (Å²) in [5.41, 5.74) is 9.70. The van der Waals surface area contributed by atoms with E-state index in [0.29, 0.717) is 11.1 Å². The minimum atomic E-state index is 0.557. The number of hydrogen-bond donors (Lipinski definition) is 0. The van der Waals surface area contributed by atoms with Crippen LogP contribution in [-0.2, 0) is 0 Å². The summed E-state index contributed by atoms with van der Waals surface area (Å²) < 4.78 is 2.51. The van der Waals surface area contributed by atoms with Gasteiger partial charge in [0.2, 0.25) is 0 Å². The van der Waals surface area contributed by atoms with Crippen molar-refractivity contribution in [3.8, 4) is 56.6 Å². The average Bonchev–Trinajstić information content (AvgIpc) is 3.42. The molecule has 0 N–H and O–H groups in total. The summed E-state index contributed by atoms with van der Waals surface area (Å²) in [4.78, 5) is 8.36. The van der Waals surface area contributed by atoms with E-state index >= 15 is 0 Å². The van der Waals surface area contributed by atoms with Crippen molar-refractivity contribution in [1.82, 2.24) is 9.97 Å². The van der Waals surface area contributed by atoms with Crippen LogP contribution in [0.25, 0.3) is 64.7 Å². The molecular formula is C36H20N4S. The van der Waals surface area contributed by atoms with Crippen molar-refractivity contribution in [2.45, 2.75) is 0 Å². The molecular weight excluding hydrogens is 520 g/mol. The fourth-order valence-electron chi connectivity index (χ4n) is 5.16. The minimum Gasteiger partial charge on any atom is -0.263 e. The van der Waals surface area contributed by atoms with Gasteiger partial charge in [-0.1, -0.05) is 72.8 Å². The first-order valence-electron chi connectivity index (χ1n) is 13.1. The van der Waals surface area contributed by atoms with Crippen LogP contribution in [0.5, 0.6) is 0 Å². The fourth-order valence-corrected chi connectivity index (χ4v) is 6.35. The van der Waals surface area contributed by atoms with Gasteiger partial charge in [0.1, 0.15) is 12.1 Å². The molecule has 5 heteroatoms. The minimum absolute atomic E-state index is 0.557. The van der Waals surface area contributed by atoms with Gasteiger partial charge in [-0.2, -0.15) is 10.5 Å². The van der Waals surface area contributed by atoms with Crippen molar-refractivity contribution in [3.05, 3.63) is 133 Å². The van der Waals surface area contributed by atoms with Crippen LogP contribution < -0.4 is 0 Å². The van der Waals surface area contributed by atoms with E-state index in [1.807, 2.05) is 23.5 Å². The maximum absolute atomic E-state index is 9.18. The first-order chi connectivity index (χ1) is 20.2. The molecule has 0 aliphatic rings. The number of fused-ring (bicyclic) bond motifs is 3. The first-order valence-corrected chi connectivity index (χ1v) is 13.9. The Morgan fingerprint density at radius 3 is 1.17 bits per heavy atom. The van der Waals surface area contributed by atoms with Gasteiger partial charge in [-0.15, -0.1) is 11.3 Å². The van der Waals surface area contributed by atoms with Gasteiger partial charge < -0.3 is 0 Å². The lowest BCUT2D eigenvalue weighted by Gasteiger charge is -2.06. The highest BCUT2D eigenvalue weighted by molar-refractivity contribution is 7.25. The van der Waals surface area contributed by atoms with E-state index in [9.17, 15) is 10.5 Å². The van der Waals surface area contributed by atoms with Crippen LogP contribution in [0.4, 0.5) is 0 Å². The Labute approximate surface area is 241 Å². The fraction of sp³-hybridized carbons (Fsp3) is 0. The highest BCUT2D eigenvalue weighted by atomic mass is 32.1. The van der Waals surface area contributed by atoms with E-state index in [0.717, 1.165) is 33.4 Å². The molecule has 190 valence electrons. The van der Waals surface area contributed by atoms with Crippen molar-refractivity contribution in [1.29, 1.82) is 10.5 Å². The zero-order valence-electron chi connectivity index (χ0n) is 21.7. The van der Waals surface area contributed by atoms with E-state index in [1.54, 1.807) is 24.8 Å². The van der Waals surface area contributed by atoms with Gasteiger partial charge in [-0.25, -0.2) is 0 Å². The van der Waals surface area contributed by atoms with E-state index in [2.05, 4.69) is 107 Å². The highest BCUT2D eigenvalue weighted by Gasteiger charge is 2.10. The molecule has 0 spiro atoms. The second-order valence-electron chi connectivity index (χ2n) is 9.83.